The van der Waals surface area contributed by atoms with Crippen molar-refractivity contribution in [3.05, 3.63) is 17.3 Å². The van der Waals surface area contributed by atoms with Gasteiger partial charge in [-0.05, 0) is 12.8 Å². The van der Waals surface area contributed by atoms with Crippen LogP contribution in [-0.2, 0) is 6.54 Å². The van der Waals surface area contributed by atoms with Crippen LogP contribution in [0.3, 0.4) is 0 Å². The zero-order chi connectivity index (χ0) is 12.4. The van der Waals surface area contributed by atoms with Crippen LogP contribution in [0, 0.1) is 0 Å². The Balaban J connectivity index is 2.43. The molecule has 5 heteroatoms. The largest absolute Gasteiger partial charge is 0.355 e. The second kappa shape index (κ2) is 5.06. The summed E-state index contributed by atoms with van der Waals surface area (Å²) >= 11 is 1.65. The molecule has 17 heavy (non-hydrogen) atoms. The molecule has 0 aliphatic rings. The highest BCUT2D eigenvalue weighted by atomic mass is 32.1. The van der Waals surface area contributed by atoms with E-state index in [0.29, 0.717) is 12.6 Å². The molecule has 2 aromatic heterocycles. The van der Waals surface area contributed by atoms with Gasteiger partial charge in [-0.15, -0.1) is 11.3 Å². The minimum atomic E-state index is 0.526. The summed E-state index contributed by atoms with van der Waals surface area (Å²) in [6.45, 7) is 4.95. The van der Waals surface area contributed by atoms with E-state index in [2.05, 4.69) is 35.2 Å². The molecule has 2 heterocycles. The second-order valence-electron chi connectivity index (χ2n) is 4.22. The number of nitrogens with two attached hydrogens (primary N) is 1. The summed E-state index contributed by atoms with van der Waals surface area (Å²) in [6.07, 6.45) is 4.30. The fourth-order valence-electron chi connectivity index (χ4n) is 2.30. The summed E-state index contributed by atoms with van der Waals surface area (Å²) in [7, 11) is 2.11. The van der Waals surface area contributed by atoms with Gasteiger partial charge in [0.25, 0.3) is 0 Å². The predicted molar refractivity (Wildman–Crippen MR) is 73.7 cm³/mol. The van der Waals surface area contributed by atoms with E-state index >= 15 is 0 Å². The third-order valence-corrected chi connectivity index (χ3v) is 4.11. The van der Waals surface area contributed by atoms with Crippen molar-refractivity contribution in [2.24, 2.45) is 5.73 Å². The summed E-state index contributed by atoms with van der Waals surface area (Å²) < 4.78 is 2.10. The normalized spacial score (nSPS) is 11.6. The topological polar surface area (TPSA) is 46.6 Å². The molecule has 0 radical (unpaired) electrons. The summed E-state index contributed by atoms with van der Waals surface area (Å²) in [6, 6.07) is 0.532. The van der Waals surface area contributed by atoms with E-state index in [1.165, 1.54) is 0 Å². The molecular formula is C12H20N4S. The molecular weight excluding hydrogens is 232 g/mol. The summed E-state index contributed by atoms with van der Waals surface area (Å²) in [5, 5.41) is 2.04. The highest BCUT2D eigenvalue weighted by Crippen LogP contribution is 2.26. The van der Waals surface area contributed by atoms with E-state index in [-0.39, 0.29) is 0 Å². The monoisotopic (exact) mass is 252 g/mol. The van der Waals surface area contributed by atoms with Gasteiger partial charge < -0.3 is 10.6 Å². The van der Waals surface area contributed by atoms with Crippen molar-refractivity contribution in [1.29, 1.82) is 0 Å². The summed E-state index contributed by atoms with van der Waals surface area (Å²) in [5.74, 6) is 1.04. The number of hydrogen-bond donors (Lipinski definition) is 1. The SMILES string of the molecule is CCC(CC)N(C)c1nc2sccn2c1CN. The first-order valence-corrected chi connectivity index (χ1v) is 6.98. The molecule has 0 saturated carbocycles. The van der Waals surface area contributed by atoms with E-state index in [9.17, 15) is 0 Å². The van der Waals surface area contributed by atoms with Crippen LogP contribution in [0.5, 0.6) is 0 Å². The molecule has 0 fully saturated rings. The summed E-state index contributed by atoms with van der Waals surface area (Å²) in [5.41, 5.74) is 6.97. The quantitative estimate of drug-likeness (QED) is 0.889. The highest BCUT2D eigenvalue weighted by molar-refractivity contribution is 7.15. The van der Waals surface area contributed by atoms with Crippen molar-refractivity contribution in [3.8, 4) is 0 Å². The van der Waals surface area contributed by atoms with Gasteiger partial charge in [0.05, 0.1) is 5.69 Å². The lowest BCUT2D eigenvalue weighted by atomic mass is 10.1. The average molecular weight is 252 g/mol. The molecule has 2 rings (SSSR count). The second-order valence-corrected chi connectivity index (χ2v) is 5.10. The van der Waals surface area contributed by atoms with Crippen LogP contribution < -0.4 is 10.6 Å². The molecule has 0 saturated heterocycles. The van der Waals surface area contributed by atoms with E-state index < -0.39 is 0 Å². The Hall–Kier alpha value is -1.07. The number of anilines is 1. The average Bonchev–Trinajstić information content (AvgIpc) is 2.89. The van der Waals surface area contributed by atoms with Crippen LogP contribution in [0.4, 0.5) is 5.82 Å². The Bertz CT molecular complexity index is 484. The molecule has 0 aliphatic carbocycles. The Morgan fingerprint density at radius 2 is 2.18 bits per heavy atom. The zero-order valence-corrected chi connectivity index (χ0v) is 11.5. The fraction of sp³-hybridized carbons (Fsp3) is 0.583. The molecule has 94 valence electrons. The number of thiazole rings is 1. The zero-order valence-electron chi connectivity index (χ0n) is 10.7. The maximum absolute atomic E-state index is 5.86. The number of hydrogen-bond acceptors (Lipinski definition) is 4. The first kappa shape index (κ1) is 12.4. The maximum atomic E-state index is 5.86. The minimum Gasteiger partial charge on any atom is -0.355 e. The number of imidazole rings is 1. The van der Waals surface area contributed by atoms with Gasteiger partial charge in [0.15, 0.2) is 10.8 Å². The lowest BCUT2D eigenvalue weighted by Crippen LogP contribution is -2.31. The summed E-state index contributed by atoms with van der Waals surface area (Å²) in [4.78, 5) is 7.98. The molecule has 0 unspecified atom stereocenters. The van der Waals surface area contributed by atoms with Crippen LogP contribution in [-0.4, -0.2) is 22.5 Å². The first-order valence-electron chi connectivity index (χ1n) is 6.10. The lowest BCUT2D eigenvalue weighted by molar-refractivity contribution is 0.585. The number of fused-ring (bicyclic) bond motifs is 1. The number of rotatable bonds is 5. The number of aromatic nitrogens is 2. The van der Waals surface area contributed by atoms with E-state index in [1.807, 2.05) is 11.6 Å². The van der Waals surface area contributed by atoms with Gasteiger partial charge in [0, 0.05) is 31.2 Å². The third kappa shape index (κ3) is 2.05. The Morgan fingerprint density at radius 3 is 2.76 bits per heavy atom. The van der Waals surface area contributed by atoms with Crippen molar-refractivity contribution in [1.82, 2.24) is 9.38 Å². The van der Waals surface area contributed by atoms with Gasteiger partial charge in [0.2, 0.25) is 0 Å². The Kier molecular flexibility index (Phi) is 3.69. The van der Waals surface area contributed by atoms with Crippen molar-refractivity contribution >= 4 is 22.1 Å². The van der Waals surface area contributed by atoms with Crippen molar-refractivity contribution in [3.63, 3.8) is 0 Å². The molecule has 0 aliphatic heterocycles. The van der Waals surface area contributed by atoms with Gasteiger partial charge in [-0.1, -0.05) is 13.8 Å². The maximum Gasteiger partial charge on any atom is 0.195 e. The van der Waals surface area contributed by atoms with Crippen LogP contribution in [0.2, 0.25) is 0 Å². The smallest absolute Gasteiger partial charge is 0.195 e. The van der Waals surface area contributed by atoms with Crippen LogP contribution in [0.25, 0.3) is 4.96 Å². The van der Waals surface area contributed by atoms with Crippen molar-refractivity contribution in [2.45, 2.75) is 39.3 Å². The molecule has 0 spiro atoms. The van der Waals surface area contributed by atoms with E-state index in [0.717, 1.165) is 29.3 Å². The molecule has 4 nitrogen and oxygen atoms in total. The van der Waals surface area contributed by atoms with Gasteiger partial charge >= 0.3 is 0 Å². The lowest BCUT2D eigenvalue weighted by Gasteiger charge is -2.27. The van der Waals surface area contributed by atoms with Crippen molar-refractivity contribution < 1.29 is 0 Å². The first-order chi connectivity index (χ1) is 8.22. The van der Waals surface area contributed by atoms with Gasteiger partial charge in [0.1, 0.15) is 0 Å². The highest BCUT2D eigenvalue weighted by Gasteiger charge is 2.19. The molecule has 0 amide bonds. The molecule has 0 aromatic carbocycles. The van der Waals surface area contributed by atoms with Gasteiger partial charge in [-0.2, -0.15) is 0 Å². The molecule has 2 aromatic rings. The molecule has 0 atom stereocenters. The van der Waals surface area contributed by atoms with Gasteiger partial charge in [-0.25, -0.2) is 4.98 Å². The Labute approximate surface area is 106 Å². The van der Waals surface area contributed by atoms with Crippen LogP contribution in [0.1, 0.15) is 32.4 Å². The third-order valence-electron chi connectivity index (χ3n) is 3.36. The Morgan fingerprint density at radius 1 is 1.47 bits per heavy atom. The van der Waals surface area contributed by atoms with Crippen LogP contribution in [0.15, 0.2) is 11.6 Å². The van der Waals surface area contributed by atoms with Crippen molar-refractivity contribution in [2.75, 3.05) is 11.9 Å². The van der Waals surface area contributed by atoms with E-state index in [4.69, 9.17) is 5.73 Å². The molecule has 0 bridgehead atoms. The van der Waals surface area contributed by atoms with Gasteiger partial charge in [-0.3, -0.25) is 4.40 Å². The van der Waals surface area contributed by atoms with E-state index in [1.54, 1.807) is 11.3 Å². The molecule has 2 N–H and O–H groups in total. The predicted octanol–water partition coefficient (Wildman–Crippen LogP) is 2.48. The minimum absolute atomic E-state index is 0.526. The standard InChI is InChI=1S/C12H20N4S/c1-4-9(5-2)15(3)11-10(8-13)16-6-7-17-12(16)14-11/h6-7,9H,4-5,8,13H2,1-3H3. The fourth-order valence-corrected chi connectivity index (χ4v) is 3.03. The van der Waals surface area contributed by atoms with Crippen LogP contribution >= 0.6 is 11.3 Å². The number of nitrogens with zero attached hydrogens (tertiary/aromatic N) is 3.